The lowest BCUT2D eigenvalue weighted by Crippen LogP contribution is -2.61. The van der Waals surface area contributed by atoms with Crippen LogP contribution < -0.4 is 0 Å². The van der Waals surface area contributed by atoms with E-state index in [0.717, 1.165) is 11.7 Å². The molecule has 0 aliphatic carbocycles. The van der Waals surface area contributed by atoms with E-state index in [1.165, 1.54) is 0 Å². The molecule has 110 valence electrons. The van der Waals surface area contributed by atoms with Crippen LogP contribution in [0.3, 0.4) is 0 Å². The van der Waals surface area contributed by atoms with Crippen molar-refractivity contribution < 1.29 is 33.8 Å². The fraction of sp³-hybridized carbons (Fsp3) is 1.00. The normalized spacial score (nSPS) is 36.1. The van der Waals surface area contributed by atoms with Crippen molar-refractivity contribution in [3.8, 4) is 0 Å². The van der Waals surface area contributed by atoms with Crippen LogP contribution in [0.5, 0.6) is 0 Å². The molecule has 0 spiro atoms. The molecule has 0 amide bonds. The average molecular weight is 295 g/mol. The molecule has 0 aromatic rings. The van der Waals surface area contributed by atoms with E-state index in [1.54, 1.807) is 0 Å². The zero-order valence-electron chi connectivity index (χ0n) is 10.9. The third kappa shape index (κ3) is 5.13. The molecule has 1 rings (SSSR count). The minimum absolute atomic E-state index is 0.278. The number of morpholine rings is 1. The second kappa shape index (κ2) is 7.15. The largest absolute Gasteiger partial charge is 0.374 e. The lowest BCUT2D eigenvalue weighted by atomic mass is 9.96. The van der Waals surface area contributed by atoms with Crippen LogP contribution in [0.2, 0.25) is 0 Å². The van der Waals surface area contributed by atoms with Crippen LogP contribution in [0, 0.1) is 0 Å². The van der Waals surface area contributed by atoms with Crippen molar-refractivity contribution in [1.82, 2.24) is 5.06 Å². The molecule has 0 saturated carbocycles. The van der Waals surface area contributed by atoms with E-state index in [9.17, 15) is 14.8 Å². The maximum Gasteiger partial charge on any atom is 0.325 e. The molecule has 5 unspecified atom stereocenters. The van der Waals surface area contributed by atoms with Crippen LogP contribution >= 0.6 is 7.60 Å². The summed E-state index contributed by atoms with van der Waals surface area (Å²) in [6.07, 6.45) is -3.02. The standard InChI is InChI=1S/C9H19BNO7P/c1-3-4-16-11-8(12)6(5-17-19(2,14)15)18-7(10)9(11)13/h6-9,12-13H,3-5H2,1-2H3,(H,14,15). The monoisotopic (exact) mass is 295 g/mol. The van der Waals surface area contributed by atoms with Crippen LogP contribution in [0.15, 0.2) is 0 Å². The topological polar surface area (TPSA) is 109 Å². The smallest absolute Gasteiger partial charge is 0.325 e. The van der Waals surface area contributed by atoms with E-state index in [2.05, 4.69) is 4.52 Å². The third-order valence-electron chi connectivity index (χ3n) is 2.40. The van der Waals surface area contributed by atoms with Gasteiger partial charge in [-0.25, -0.2) is 0 Å². The Balaban J connectivity index is 2.64. The first-order valence-electron chi connectivity index (χ1n) is 5.89. The van der Waals surface area contributed by atoms with E-state index >= 15 is 0 Å². The SMILES string of the molecule is [B]C1OC(COP(C)(=O)O)C(O)N(OCCC)C1O. The van der Waals surface area contributed by atoms with Gasteiger partial charge in [0.15, 0.2) is 6.23 Å². The molecule has 1 aliphatic heterocycles. The van der Waals surface area contributed by atoms with Gasteiger partial charge in [-0.15, -0.1) is 5.06 Å². The van der Waals surface area contributed by atoms with Gasteiger partial charge in [0.1, 0.15) is 20.2 Å². The van der Waals surface area contributed by atoms with Crippen molar-refractivity contribution in [3.05, 3.63) is 0 Å². The van der Waals surface area contributed by atoms with E-state index in [1.807, 2.05) is 6.92 Å². The van der Waals surface area contributed by atoms with Crippen LogP contribution in [-0.2, 0) is 18.7 Å². The predicted molar refractivity (Wildman–Crippen MR) is 66.2 cm³/mol. The molecule has 1 heterocycles. The minimum Gasteiger partial charge on any atom is -0.374 e. The van der Waals surface area contributed by atoms with Gasteiger partial charge in [-0.2, -0.15) is 0 Å². The molecular weight excluding hydrogens is 276 g/mol. The highest BCUT2D eigenvalue weighted by Gasteiger charge is 2.41. The van der Waals surface area contributed by atoms with Crippen LogP contribution in [0.25, 0.3) is 0 Å². The Morgan fingerprint density at radius 3 is 2.58 bits per heavy atom. The molecule has 1 saturated heterocycles. The molecule has 0 aromatic heterocycles. The fourth-order valence-corrected chi connectivity index (χ4v) is 1.92. The van der Waals surface area contributed by atoms with Crippen LogP contribution in [0.1, 0.15) is 13.3 Å². The lowest BCUT2D eigenvalue weighted by Gasteiger charge is -2.43. The summed E-state index contributed by atoms with van der Waals surface area (Å²) in [6.45, 7) is 2.81. The Morgan fingerprint density at radius 2 is 2.05 bits per heavy atom. The first kappa shape index (κ1) is 17.1. The molecule has 2 radical (unpaired) electrons. The number of aliphatic hydroxyl groups is 2. The number of hydrogen-bond acceptors (Lipinski definition) is 7. The molecule has 19 heavy (non-hydrogen) atoms. The van der Waals surface area contributed by atoms with Crippen molar-refractivity contribution in [2.45, 2.75) is 37.9 Å². The Kier molecular flexibility index (Phi) is 6.42. The number of rotatable bonds is 6. The molecule has 3 N–H and O–H groups in total. The molecule has 1 aliphatic rings. The Morgan fingerprint density at radius 1 is 1.42 bits per heavy atom. The first-order chi connectivity index (χ1) is 8.76. The quantitative estimate of drug-likeness (QED) is 0.422. The summed E-state index contributed by atoms with van der Waals surface area (Å²) in [6, 6.07) is -1.12. The second-order valence-corrected chi connectivity index (χ2v) is 6.12. The second-order valence-electron chi connectivity index (χ2n) is 4.26. The van der Waals surface area contributed by atoms with E-state index < -0.39 is 32.2 Å². The number of hydroxylamine groups is 2. The van der Waals surface area contributed by atoms with Gasteiger partial charge >= 0.3 is 7.60 Å². The lowest BCUT2D eigenvalue weighted by molar-refractivity contribution is -0.367. The van der Waals surface area contributed by atoms with Gasteiger partial charge in [0, 0.05) is 6.66 Å². The molecule has 0 aromatic carbocycles. The number of aliphatic hydroxyl groups excluding tert-OH is 2. The van der Waals surface area contributed by atoms with E-state index in [4.69, 9.17) is 22.3 Å². The maximum absolute atomic E-state index is 11.0. The summed E-state index contributed by atoms with van der Waals surface area (Å²) in [4.78, 5) is 14.2. The Labute approximate surface area is 113 Å². The third-order valence-corrected chi connectivity index (χ3v) is 3.03. The van der Waals surface area contributed by atoms with E-state index in [-0.39, 0.29) is 13.2 Å². The highest BCUT2D eigenvalue weighted by atomic mass is 31.2. The first-order valence-corrected chi connectivity index (χ1v) is 7.92. The number of ether oxygens (including phenoxy) is 1. The summed E-state index contributed by atoms with van der Waals surface area (Å²) >= 11 is 0. The highest BCUT2D eigenvalue weighted by molar-refractivity contribution is 7.51. The molecular formula is C9H19BNO7P. The van der Waals surface area contributed by atoms with Gasteiger partial charge in [0.05, 0.1) is 19.2 Å². The van der Waals surface area contributed by atoms with Gasteiger partial charge in [-0.05, 0) is 6.42 Å². The van der Waals surface area contributed by atoms with Crippen molar-refractivity contribution in [1.29, 1.82) is 0 Å². The van der Waals surface area contributed by atoms with Gasteiger partial charge in [0.2, 0.25) is 0 Å². The molecule has 0 bridgehead atoms. The fourth-order valence-electron chi connectivity index (χ4n) is 1.49. The zero-order chi connectivity index (χ0) is 14.6. The molecule has 1 fully saturated rings. The van der Waals surface area contributed by atoms with Gasteiger partial charge in [-0.3, -0.25) is 9.40 Å². The van der Waals surface area contributed by atoms with Gasteiger partial charge in [-0.1, -0.05) is 6.92 Å². The summed E-state index contributed by atoms with van der Waals surface area (Å²) in [5.74, 6) is 0. The predicted octanol–water partition coefficient (Wildman–Crippen LogP) is -1.01. The van der Waals surface area contributed by atoms with Gasteiger partial charge in [0.25, 0.3) is 0 Å². The zero-order valence-corrected chi connectivity index (χ0v) is 11.8. The summed E-state index contributed by atoms with van der Waals surface area (Å²) < 4.78 is 20.8. The van der Waals surface area contributed by atoms with Crippen LogP contribution in [0.4, 0.5) is 0 Å². The van der Waals surface area contributed by atoms with Gasteiger partial charge < -0.3 is 24.4 Å². The summed E-state index contributed by atoms with van der Waals surface area (Å²) in [5, 5.41) is 20.6. The molecule has 8 nitrogen and oxygen atoms in total. The number of hydrogen-bond donors (Lipinski definition) is 3. The summed E-state index contributed by atoms with van der Waals surface area (Å²) in [7, 11) is 1.85. The minimum atomic E-state index is -3.69. The van der Waals surface area contributed by atoms with Crippen molar-refractivity contribution in [2.24, 2.45) is 0 Å². The Hall–Kier alpha value is 0.0149. The van der Waals surface area contributed by atoms with Crippen molar-refractivity contribution in [2.75, 3.05) is 19.9 Å². The molecule has 5 atom stereocenters. The maximum atomic E-state index is 11.0. The Bertz CT molecular complexity index is 328. The van der Waals surface area contributed by atoms with Crippen molar-refractivity contribution in [3.63, 3.8) is 0 Å². The highest BCUT2D eigenvalue weighted by Crippen LogP contribution is 2.37. The summed E-state index contributed by atoms with van der Waals surface area (Å²) in [5.41, 5.74) is 0. The van der Waals surface area contributed by atoms with Crippen LogP contribution in [-0.4, -0.2) is 72.5 Å². The van der Waals surface area contributed by atoms with Crippen molar-refractivity contribution >= 4 is 15.4 Å². The van der Waals surface area contributed by atoms with E-state index in [0.29, 0.717) is 6.42 Å². The number of nitrogens with zero attached hydrogens (tertiary/aromatic N) is 1. The average Bonchev–Trinajstić information content (AvgIpc) is 2.31. The molecule has 10 heteroatoms.